The molecule has 1 N–H and O–H groups in total. The zero-order chi connectivity index (χ0) is 13.0. The van der Waals surface area contributed by atoms with Gasteiger partial charge < -0.3 is 5.32 Å². The molecule has 1 unspecified atom stereocenters. The molecule has 18 heavy (non-hydrogen) atoms. The number of hydrogen-bond donors (Lipinski definition) is 1. The molecule has 1 atom stereocenters. The molecule has 96 valence electrons. The SMILES string of the molecule is Cc1cccc(CNCC(C)c2nccs2)c1C. The van der Waals surface area contributed by atoms with Crippen LogP contribution in [0.25, 0.3) is 0 Å². The highest BCUT2D eigenvalue weighted by atomic mass is 32.1. The van der Waals surface area contributed by atoms with Crippen LogP contribution in [0.3, 0.4) is 0 Å². The molecule has 0 saturated carbocycles. The first-order chi connectivity index (χ1) is 8.68. The molecule has 0 aliphatic rings. The average Bonchev–Trinajstić information content (AvgIpc) is 2.88. The molecule has 0 bridgehead atoms. The quantitative estimate of drug-likeness (QED) is 0.887. The van der Waals surface area contributed by atoms with E-state index in [1.807, 2.05) is 11.6 Å². The van der Waals surface area contributed by atoms with Gasteiger partial charge >= 0.3 is 0 Å². The van der Waals surface area contributed by atoms with Gasteiger partial charge in [0.15, 0.2) is 0 Å². The molecule has 1 aromatic heterocycles. The number of benzene rings is 1. The van der Waals surface area contributed by atoms with Crippen LogP contribution in [0.2, 0.25) is 0 Å². The smallest absolute Gasteiger partial charge is 0.0965 e. The molecule has 0 amide bonds. The second kappa shape index (κ2) is 6.12. The number of rotatable bonds is 5. The van der Waals surface area contributed by atoms with Gasteiger partial charge in [0.05, 0.1) is 5.01 Å². The molecule has 0 fully saturated rings. The number of aryl methyl sites for hydroxylation is 1. The van der Waals surface area contributed by atoms with Crippen molar-refractivity contribution >= 4 is 11.3 Å². The molecular weight excluding hydrogens is 240 g/mol. The molecule has 0 spiro atoms. The zero-order valence-electron chi connectivity index (χ0n) is 11.2. The van der Waals surface area contributed by atoms with E-state index in [4.69, 9.17) is 0 Å². The van der Waals surface area contributed by atoms with Gasteiger partial charge in [0.25, 0.3) is 0 Å². The normalized spacial score (nSPS) is 12.6. The van der Waals surface area contributed by atoms with Gasteiger partial charge in [0.1, 0.15) is 0 Å². The van der Waals surface area contributed by atoms with E-state index in [2.05, 4.69) is 49.3 Å². The van der Waals surface area contributed by atoms with Crippen LogP contribution in [-0.2, 0) is 6.54 Å². The van der Waals surface area contributed by atoms with E-state index in [1.165, 1.54) is 21.7 Å². The van der Waals surface area contributed by atoms with Gasteiger partial charge in [-0.05, 0) is 30.5 Å². The number of aromatic nitrogens is 1. The lowest BCUT2D eigenvalue weighted by Crippen LogP contribution is -2.20. The highest BCUT2D eigenvalue weighted by Gasteiger charge is 2.07. The lowest BCUT2D eigenvalue weighted by molar-refractivity contribution is 0.611. The Hall–Kier alpha value is -1.19. The van der Waals surface area contributed by atoms with Gasteiger partial charge in [-0.25, -0.2) is 4.98 Å². The molecule has 2 aromatic rings. The Morgan fingerprint density at radius 3 is 2.89 bits per heavy atom. The molecule has 0 radical (unpaired) electrons. The Morgan fingerprint density at radius 2 is 2.17 bits per heavy atom. The van der Waals surface area contributed by atoms with E-state index in [0.717, 1.165) is 13.1 Å². The Bertz CT molecular complexity index is 491. The van der Waals surface area contributed by atoms with Gasteiger partial charge in [-0.3, -0.25) is 0 Å². The first-order valence-corrected chi connectivity index (χ1v) is 7.21. The third kappa shape index (κ3) is 3.18. The fraction of sp³-hybridized carbons (Fsp3) is 0.400. The average molecular weight is 260 g/mol. The van der Waals surface area contributed by atoms with Gasteiger partial charge in [-0.15, -0.1) is 11.3 Å². The standard InChI is InChI=1S/C15H20N2S/c1-11-5-4-6-14(13(11)3)10-16-9-12(2)15-17-7-8-18-15/h4-8,12,16H,9-10H2,1-3H3. The largest absolute Gasteiger partial charge is 0.312 e. The fourth-order valence-electron chi connectivity index (χ4n) is 1.99. The highest BCUT2D eigenvalue weighted by Crippen LogP contribution is 2.17. The molecular formula is C15H20N2S. The summed E-state index contributed by atoms with van der Waals surface area (Å²) in [4.78, 5) is 4.35. The van der Waals surface area contributed by atoms with Crippen LogP contribution in [-0.4, -0.2) is 11.5 Å². The van der Waals surface area contributed by atoms with Crippen molar-refractivity contribution in [2.75, 3.05) is 6.54 Å². The summed E-state index contributed by atoms with van der Waals surface area (Å²) in [5, 5.41) is 6.77. The Morgan fingerprint density at radius 1 is 1.33 bits per heavy atom. The molecule has 3 heteroatoms. The number of thiazole rings is 1. The molecule has 0 saturated heterocycles. The first kappa shape index (κ1) is 13.2. The van der Waals surface area contributed by atoms with Crippen molar-refractivity contribution in [3.8, 4) is 0 Å². The van der Waals surface area contributed by atoms with Crippen molar-refractivity contribution in [3.63, 3.8) is 0 Å². The van der Waals surface area contributed by atoms with Crippen molar-refractivity contribution < 1.29 is 0 Å². The minimum Gasteiger partial charge on any atom is -0.312 e. The van der Waals surface area contributed by atoms with Gasteiger partial charge in [-0.1, -0.05) is 25.1 Å². The Labute approximate surface area is 113 Å². The first-order valence-electron chi connectivity index (χ1n) is 6.33. The van der Waals surface area contributed by atoms with Crippen molar-refractivity contribution in [2.45, 2.75) is 33.2 Å². The van der Waals surface area contributed by atoms with E-state index in [9.17, 15) is 0 Å². The maximum atomic E-state index is 4.35. The van der Waals surface area contributed by atoms with Crippen LogP contribution in [0.5, 0.6) is 0 Å². The third-order valence-electron chi connectivity index (χ3n) is 3.36. The molecule has 2 rings (SSSR count). The number of nitrogens with one attached hydrogen (secondary N) is 1. The molecule has 0 aliphatic heterocycles. The summed E-state index contributed by atoms with van der Waals surface area (Å²) < 4.78 is 0. The summed E-state index contributed by atoms with van der Waals surface area (Å²) in [5.74, 6) is 0.482. The van der Waals surface area contributed by atoms with Gasteiger partial charge in [0, 0.05) is 30.6 Å². The second-order valence-corrected chi connectivity index (χ2v) is 5.69. The molecule has 1 heterocycles. The zero-order valence-corrected chi connectivity index (χ0v) is 12.1. The summed E-state index contributed by atoms with van der Waals surface area (Å²) in [7, 11) is 0. The maximum absolute atomic E-state index is 4.35. The monoisotopic (exact) mass is 260 g/mol. The van der Waals surface area contributed by atoms with E-state index in [1.54, 1.807) is 11.3 Å². The van der Waals surface area contributed by atoms with E-state index >= 15 is 0 Å². The Kier molecular flexibility index (Phi) is 4.50. The topological polar surface area (TPSA) is 24.9 Å². The van der Waals surface area contributed by atoms with Crippen LogP contribution in [0.1, 0.15) is 34.5 Å². The fourth-order valence-corrected chi connectivity index (χ4v) is 2.69. The van der Waals surface area contributed by atoms with Crippen LogP contribution in [0.4, 0.5) is 0 Å². The van der Waals surface area contributed by atoms with Crippen molar-refractivity contribution in [2.24, 2.45) is 0 Å². The predicted molar refractivity (Wildman–Crippen MR) is 78.2 cm³/mol. The van der Waals surface area contributed by atoms with Crippen LogP contribution in [0.15, 0.2) is 29.8 Å². The summed E-state index contributed by atoms with van der Waals surface area (Å²) in [6.07, 6.45) is 1.88. The van der Waals surface area contributed by atoms with Crippen LogP contribution < -0.4 is 5.32 Å². The minimum atomic E-state index is 0.482. The lowest BCUT2D eigenvalue weighted by atomic mass is 10.0. The summed E-state index contributed by atoms with van der Waals surface area (Å²) >= 11 is 1.73. The highest BCUT2D eigenvalue weighted by molar-refractivity contribution is 7.09. The summed E-state index contributed by atoms with van der Waals surface area (Å²) in [6, 6.07) is 6.49. The Balaban J connectivity index is 1.87. The summed E-state index contributed by atoms with van der Waals surface area (Å²) in [6.45, 7) is 8.48. The summed E-state index contributed by atoms with van der Waals surface area (Å²) in [5.41, 5.74) is 4.15. The van der Waals surface area contributed by atoms with Crippen molar-refractivity contribution in [3.05, 3.63) is 51.5 Å². The lowest BCUT2D eigenvalue weighted by Gasteiger charge is -2.12. The van der Waals surface area contributed by atoms with Crippen LogP contribution >= 0.6 is 11.3 Å². The molecule has 1 aromatic carbocycles. The molecule has 0 aliphatic carbocycles. The minimum absolute atomic E-state index is 0.482. The predicted octanol–water partition coefficient (Wildman–Crippen LogP) is 3.65. The van der Waals surface area contributed by atoms with Crippen LogP contribution in [0, 0.1) is 13.8 Å². The van der Waals surface area contributed by atoms with Crippen molar-refractivity contribution in [1.29, 1.82) is 0 Å². The maximum Gasteiger partial charge on any atom is 0.0965 e. The number of hydrogen-bond acceptors (Lipinski definition) is 3. The van der Waals surface area contributed by atoms with Gasteiger partial charge in [0.2, 0.25) is 0 Å². The molecule has 2 nitrogen and oxygen atoms in total. The van der Waals surface area contributed by atoms with E-state index in [0.29, 0.717) is 5.92 Å². The van der Waals surface area contributed by atoms with Crippen molar-refractivity contribution in [1.82, 2.24) is 10.3 Å². The van der Waals surface area contributed by atoms with E-state index in [-0.39, 0.29) is 0 Å². The second-order valence-electron chi connectivity index (χ2n) is 4.76. The number of nitrogens with zero attached hydrogens (tertiary/aromatic N) is 1. The third-order valence-corrected chi connectivity index (χ3v) is 4.36. The van der Waals surface area contributed by atoms with E-state index < -0.39 is 0 Å². The van der Waals surface area contributed by atoms with Gasteiger partial charge in [-0.2, -0.15) is 0 Å².